The summed E-state index contributed by atoms with van der Waals surface area (Å²) in [4.78, 5) is 25.5. The maximum atomic E-state index is 13.4. The second-order valence-electron chi connectivity index (χ2n) is 5.34. The Morgan fingerprint density at radius 3 is 2.17 bits per heavy atom. The van der Waals surface area contributed by atoms with E-state index in [-0.39, 0.29) is 5.69 Å². The topological polar surface area (TPSA) is 61.4 Å². The van der Waals surface area contributed by atoms with Crippen molar-refractivity contribution in [2.45, 2.75) is 6.42 Å². The number of nitrogens with one attached hydrogen (secondary N) is 2. The number of amides is 2. The van der Waals surface area contributed by atoms with Gasteiger partial charge in [0.05, 0.1) is 5.69 Å². The van der Waals surface area contributed by atoms with Gasteiger partial charge in [0, 0.05) is 31.5 Å². The van der Waals surface area contributed by atoms with E-state index in [1.165, 1.54) is 0 Å². The van der Waals surface area contributed by atoms with E-state index < -0.39 is 29.9 Å². The van der Waals surface area contributed by atoms with Gasteiger partial charge in [-0.05, 0) is 36.4 Å². The molecule has 2 aromatic carbocycles. The minimum absolute atomic E-state index is 0.176. The molecule has 0 spiro atoms. The first kappa shape index (κ1) is 17.4. The lowest BCUT2D eigenvalue weighted by molar-refractivity contribution is -0.123. The predicted molar refractivity (Wildman–Crippen MR) is 89.0 cm³/mol. The fraction of sp³-hybridized carbons (Fsp3) is 0.176. The van der Waals surface area contributed by atoms with Gasteiger partial charge in [0.15, 0.2) is 0 Å². The van der Waals surface area contributed by atoms with Crippen LogP contribution in [0.2, 0.25) is 0 Å². The molecule has 0 atom stereocenters. The lowest BCUT2D eigenvalue weighted by Gasteiger charge is -2.13. The molecule has 2 amide bonds. The standard InChI is InChI=1S/C17H17F2N3O2/c1-22(2)13-6-4-12(5-7-13)20-16(23)10-17(24)21-15-8-3-11(18)9-14(15)19/h3-9H,10H2,1-2H3,(H,20,23)(H,21,24). The maximum Gasteiger partial charge on any atom is 0.233 e. The zero-order valence-electron chi connectivity index (χ0n) is 13.3. The summed E-state index contributed by atoms with van der Waals surface area (Å²) in [5, 5.41) is 4.81. The number of carbonyl (C=O) groups is 2. The van der Waals surface area contributed by atoms with Crippen molar-refractivity contribution in [2.24, 2.45) is 0 Å². The SMILES string of the molecule is CN(C)c1ccc(NC(=O)CC(=O)Nc2ccc(F)cc2F)cc1. The fourth-order valence-corrected chi connectivity index (χ4v) is 1.98. The molecule has 0 aromatic heterocycles. The molecule has 0 saturated carbocycles. The molecule has 0 aliphatic carbocycles. The quantitative estimate of drug-likeness (QED) is 0.827. The van der Waals surface area contributed by atoms with Gasteiger partial charge in [0.25, 0.3) is 0 Å². The molecule has 0 heterocycles. The van der Waals surface area contributed by atoms with Crippen molar-refractivity contribution in [3.63, 3.8) is 0 Å². The van der Waals surface area contributed by atoms with Crippen molar-refractivity contribution in [3.05, 3.63) is 54.1 Å². The average molecular weight is 333 g/mol. The number of hydrogen-bond acceptors (Lipinski definition) is 3. The maximum absolute atomic E-state index is 13.4. The third-order valence-electron chi connectivity index (χ3n) is 3.19. The Morgan fingerprint density at radius 2 is 1.58 bits per heavy atom. The number of nitrogens with zero attached hydrogens (tertiary/aromatic N) is 1. The van der Waals surface area contributed by atoms with Crippen LogP contribution in [0.5, 0.6) is 0 Å². The summed E-state index contributed by atoms with van der Waals surface area (Å²) in [5.41, 5.74) is 1.34. The molecule has 0 fully saturated rings. The number of halogens is 2. The highest BCUT2D eigenvalue weighted by Gasteiger charge is 2.12. The molecule has 0 bridgehead atoms. The molecule has 5 nitrogen and oxygen atoms in total. The normalized spacial score (nSPS) is 10.2. The van der Waals surface area contributed by atoms with Gasteiger partial charge in [-0.15, -0.1) is 0 Å². The Hall–Kier alpha value is -2.96. The van der Waals surface area contributed by atoms with Crippen LogP contribution in [0.1, 0.15) is 6.42 Å². The smallest absolute Gasteiger partial charge is 0.233 e. The minimum atomic E-state index is -0.900. The number of carbonyl (C=O) groups excluding carboxylic acids is 2. The van der Waals surface area contributed by atoms with Gasteiger partial charge < -0.3 is 15.5 Å². The van der Waals surface area contributed by atoms with Crippen LogP contribution in [-0.4, -0.2) is 25.9 Å². The largest absolute Gasteiger partial charge is 0.378 e. The molecular weight excluding hydrogens is 316 g/mol. The van der Waals surface area contributed by atoms with Crippen molar-refractivity contribution >= 4 is 28.9 Å². The lowest BCUT2D eigenvalue weighted by Crippen LogP contribution is -2.22. The van der Waals surface area contributed by atoms with E-state index in [0.29, 0.717) is 11.8 Å². The fourth-order valence-electron chi connectivity index (χ4n) is 1.98. The molecule has 0 unspecified atom stereocenters. The summed E-state index contributed by atoms with van der Waals surface area (Å²) >= 11 is 0. The zero-order valence-corrected chi connectivity index (χ0v) is 13.3. The van der Waals surface area contributed by atoms with E-state index >= 15 is 0 Å². The predicted octanol–water partition coefficient (Wildman–Crippen LogP) is 3.00. The molecule has 0 aliphatic rings. The number of benzene rings is 2. The molecule has 2 rings (SSSR count). The van der Waals surface area contributed by atoms with Crippen LogP contribution in [0.3, 0.4) is 0 Å². The molecule has 2 N–H and O–H groups in total. The van der Waals surface area contributed by atoms with E-state index in [4.69, 9.17) is 0 Å². The third-order valence-corrected chi connectivity index (χ3v) is 3.19. The van der Waals surface area contributed by atoms with Crippen molar-refractivity contribution in [1.29, 1.82) is 0 Å². The van der Waals surface area contributed by atoms with E-state index in [9.17, 15) is 18.4 Å². The molecule has 0 saturated heterocycles. The average Bonchev–Trinajstić information content (AvgIpc) is 2.50. The first-order chi connectivity index (χ1) is 11.3. The minimum Gasteiger partial charge on any atom is -0.378 e. The van der Waals surface area contributed by atoms with Gasteiger partial charge in [-0.2, -0.15) is 0 Å². The summed E-state index contributed by atoms with van der Waals surface area (Å²) in [5.74, 6) is -2.87. The van der Waals surface area contributed by atoms with Crippen LogP contribution in [0.15, 0.2) is 42.5 Å². The Labute approximate surface area is 138 Å². The van der Waals surface area contributed by atoms with Gasteiger partial charge in [0.1, 0.15) is 18.1 Å². The van der Waals surface area contributed by atoms with Crippen molar-refractivity contribution in [3.8, 4) is 0 Å². The van der Waals surface area contributed by atoms with Crippen molar-refractivity contribution in [2.75, 3.05) is 29.6 Å². The lowest BCUT2D eigenvalue weighted by atomic mass is 10.2. The first-order valence-electron chi connectivity index (χ1n) is 7.17. The summed E-state index contributed by atoms with van der Waals surface area (Å²) in [6.07, 6.45) is -0.480. The van der Waals surface area contributed by atoms with Gasteiger partial charge in [-0.25, -0.2) is 8.78 Å². The zero-order chi connectivity index (χ0) is 17.7. The Kier molecular flexibility index (Phi) is 5.47. The van der Waals surface area contributed by atoms with E-state index in [0.717, 1.165) is 17.8 Å². The highest BCUT2D eigenvalue weighted by atomic mass is 19.1. The van der Waals surface area contributed by atoms with Crippen LogP contribution in [-0.2, 0) is 9.59 Å². The van der Waals surface area contributed by atoms with Crippen LogP contribution in [0.25, 0.3) is 0 Å². The molecule has 0 aliphatic heterocycles. The summed E-state index contributed by atoms with van der Waals surface area (Å²) in [6.45, 7) is 0. The van der Waals surface area contributed by atoms with Gasteiger partial charge in [0.2, 0.25) is 11.8 Å². The molecule has 24 heavy (non-hydrogen) atoms. The first-order valence-corrected chi connectivity index (χ1v) is 7.17. The third kappa shape index (κ3) is 4.77. The highest BCUT2D eigenvalue weighted by molar-refractivity contribution is 6.08. The summed E-state index contributed by atoms with van der Waals surface area (Å²) in [6, 6.07) is 9.84. The van der Waals surface area contributed by atoms with Crippen LogP contribution in [0.4, 0.5) is 25.8 Å². The summed E-state index contributed by atoms with van der Waals surface area (Å²) in [7, 11) is 3.79. The van der Waals surface area contributed by atoms with E-state index in [1.54, 1.807) is 12.1 Å². The van der Waals surface area contributed by atoms with Crippen molar-refractivity contribution < 1.29 is 18.4 Å². The molecule has 2 aromatic rings. The second kappa shape index (κ2) is 7.54. The molecule has 7 heteroatoms. The monoisotopic (exact) mass is 333 g/mol. The Balaban J connectivity index is 1.90. The van der Waals surface area contributed by atoms with Crippen LogP contribution >= 0.6 is 0 Å². The number of hydrogen-bond donors (Lipinski definition) is 2. The van der Waals surface area contributed by atoms with Gasteiger partial charge >= 0.3 is 0 Å². The highest BCUT2D eigenvalue weighted by Crippen LogP contribution is 2.17. The Bertz CT molecular complexity index is 746. The number of anilines is 3. The number of rotatable bonds is 5. The molecule has 126 valence electrons. The van der Waals surface area contributed by atoms with Crippen molar-refractivity contribution in [1.82, 2.24) is 0 Å². The van der Waals surface area contributed by atoms with Gasteiger partial charge in [-0.1, -0.05) is 0 Å². The Morgan fingerprint density at radius 1 is 0.958 bits per heavy atom. The molecule has 0 radical (unpaired) electrons. The van der Waals surface area contributed by atoms with Gasteiger partial charge in [-0.3, -0.25) is 9.59 Å². The van der Waals surface area contributed by atoms with E-state index in [2.05, 4.69) is 10.6 Å². The summed E-state index contributed by atoms with van der Waals surface area (Å²) < 4.78 is 26.2. The second-order valence-corrected chi connectivity index (χ2v) is 5.34. The van der Waals surface area contributed by atoms with Crippen LogP contribution < -0.4 is 15.5 Å². The van der Waals surface area contributed by atoms with E-state index in [1.807, 2.05) is 31.1 Å². The molecular formula is C17H17F2N3O2. The van der Waals surface area contributed by atoms with Crippen LogP contribution in [0, 0.1) is 11.6 Å².